The smallest absolute Gasteiger partial charge is 0.322 e. The van der Waals surface area contributed by atoms with E-state index in [0.717, 1.165) is 6.42 Å². The highest BCUT2D eigenvalue weighted by Gasteiger charge is 2.28. The molecule has 0 rings (SSSR count). The minimum absolute atomic E-state index is 0.0843. The van der Waals surface area contributed by atoms with Crippen molar-refractivity contribution in [3.63, 3.8) is 0 Å². The van der Waals surface area contributed by atoms with Crippen LogP contribution in [0, 0.1) is 5.92 Å². The molecule has 3 amide bonds. The second-order valence-electron chi connectivity index (χ2n) is 7.54. The minimum Gasteiger partial charge on any atom is -0.480 e. The van der Waals surface area contributed by atoms with Crippen LogP contribution in [-0.2, 0) is 19.2 Å². The number of rotatable bonds is 16. The zero-order chi connectivity index (χ0) is 23.1. The number of carbonyl (C=O) groups excluding carboxylic acids is 3. The molecular weight excluding hydrogens is 410 g/mol. The summed E-state index contributed by atoms with van der Waals surface area (Å²) >= 11 is 1.53. The van der Waals surface area contributed by atoms with E-state index in [4.69, 9.17) is 16.6 Å². The fourth-order valence-corrected chi connectivity index (χ4v) is 3.16. The van der Waals surface area contributed by atoms with E-state index in [-0.39, 0.29) is 5.92 Å². The van der Waals surface area contributed by atoms with Crippen LogP contribution in [0.3, 0.4) is 0 Å². The maximum Gasteiger partial charge on any atom is 0.322 e. The lowest BCUT2D eigenvalue weighted by atomic mass is 10.0. The Morgan fingerprint density at radius 3 is 2.13 bits per heavy atom. The van der Waals surface area contributed by atoms with Gasteiger partial charge in [0.2, 0.25) is 17.7 Å². The van der Waals surface area contributed by atoms with E-state index in [2.05, 4.69) is 16.0 Å². The maximum atomic E-state index is 12.8. The molecule has 10 nitrogen and oxygen atoms in total. The van der Waals surface area contributed by atoms with Gasteiger partial charge in [-0.3, -0.25) is 19.2 Å². The topological polar surface area (TPSA) is 177 Å². The summed E-state index contributed by atoms with van der Waals surface area (Å²) < 4.78 is 0. The molecule has 174 valence electrons. The molecular formula is C19H37N5O5S. The summed E-state index contributed by atoms with van der Waals surface area (Å²) in [6.07, 6.45) is 4.54. The fraction of sp³-hybridized carbons (Fsp3) is 0.789. The molecule has 8 N–H and O–H groups in total. The number of thioether (sulfide) groups is 1. The normalized spacial score (nSPS) is 13.9. The third-order valence-corrected chi connectivity index (χ3v) is 4.95. The highest BCUT2D eigenvalue weighted by Crippen LogP contribution is 2.08. The van der Waals surface area contributed by atoms with Gasteiger partial charge >= 0.3 is 5.97 Å². The Hall–Kier alpha value is -1.85. The van der Waals surface area contributed by atoms with Crippen LogP contribution in [-0.4, -0.2) is 72.0 Å². The van der Waals surface area contributed by atoms with Crippen molar-refractivity contribution in [2.45, 2.75) is 64.1 Å². The molecule has 0 fully saturated rings. The van der Waals surface area contributed by atoms with Gasteiger partial charge in [0.25, 0.3) is 0 Å². The number of carbonyl (C=O) groups is 4. The van der Waals surface area contributed by atoms with Gasteiger partial charge in [-0.2, -0.15) is 11.8 Å². The first-order valence-corrected chi connectivity index (χ1v) is 11.6. The number of nitrogens with one attached hydrogen (secondary N) is 3. The van der Waals surface area contributed by atoms with Crippen LogP contribution in [0.5, 0.6) is 0 Å². The number of amides is 3. The summed E-state index contributed by atoms with van der Waals surface area (Å²) in [5, 5.41) is 16.4. The number of unbranched alkanes of at least 4 members (excludes halogenated alkanes) is 1. The van der Waals surface area contributed by atoms with Crippen LogP contribution in [0.1, 0.15) is 46.0 Å². The van der Waals surface area contributed by atoms with Crippen molar-refractivity contribution in [3.8, 4) is 0 Å². The summed E-state index contributed by atoms with van der Waals surface area (Å²) in [6, 6.07) is -2.48. The molecule has 0 saturated carbocycles. The Bertz CT molecular complexity index is 561. The predicted molar refractivity (Wildman–Crippen MR) is 118 cm³/mol. The van der Waals surface area contributed by atoms with E-state index in [0.29, 0.717) is 38.0 Å². The Morgan fingerprint density at radius 1 is 0.967 bits per heavy atom. The summed E-state index contributed by atoms with van der Waals surface area (Å²) in [6.45, 7) is 3.76. The first-order chi connectivity index (χ1) is 14.1. The third kappa shape index (κ3) is 12.7. The standard InChI is InChI=1S/C19H37N5O5S/c1-12(2)10-15(18(28)22-11-16(25)26)24-19(29)14(7-9-30-3)23-17(27)13(21)6-4-5-8-20/h12-15H,4-11,20-21H2,1-3H3,(H,22,28)(H,23,27)(H,24,29)(H,25,26). The molecule has 30 heavy (non-hydrogen) atoms. The molecule has 0 aromatic rings. The molecule has 3 atom stereocenters. The second-order valence-corrected chi connectivity index (χ2v) is 8.52. The van der Waals surface area contributed by atoms with E-state index < -0.39 is 48.4 Å². The summed E-state index contributed by atoms with van der Waals surface area (Å²) in [7, 11) is 0. The SMILES string of the molecule is CSCCC(NC(=O)C(N)CCCCN)C(=O)NC(CC(C)C)C(=O)NCC(=O)O. The van der Waals surface area contributed by atoms with Crippen LogP contribution in [0.15, 0.2) is 0 Å². The number of carboxylic acid groups (broad SMARTS) is 1. The van der Waals surface area contributed by atoms with E-state index in [9.17, 15) is 19.2 Å². The summed E-state index contributed by atoms with van der Waals surface area (Å²) in [4.78, 5) is 48.2. The van der Waals surface area contributed by atoms with Crippen molar-refractivity contribution >= 4 is 35.5 Å². The van der Waals surface area contributed by atoms with Crippen LogP contribution < -0.4 is 27.4 Å². The monoisotopic (exact) mass is 447 g/mol. The Balaban J connectivity index is 5.10. The van der Waals surface area contributed by atoms with Gasteiger partial charge < -0.3 is 32.5 Å². The molecule has 0 aliphatic heterocycles. The molecule has 0 bridgehead atoms. The largest absolute Gasteiger partial charge is 0.480 e. The molecule has 3 unspecified atom stereocenters. The first kappa shape index (κ1) is 28.1. The van der Waals surface area contributed by atoms with Crippen molar-refractivity contribution in [1.29, 1.82) is 0 Å². The number of carboxylic acids is 1. The molecule has 0 aliphatic carbocycles. The molecule has 0 aliphatic rings. The Kier molecular flexibility index (Phi) is 14.9. The molecule has 0 aromatic heterocycles. The van der Waals surface area contributed by atoms with Gasteiger partial charge in [-0.1, -0.05) is 20.3 Å². The number of hydrogen-bond acceptors (Lipinski definition) is 7. The van der Waals surface area contributed by atoms with Crippen molar-refractivity contribution in [2.24, 2.45) is 17.4 Å². The molecule has 0 heterocycles. The van der Waals surface area contributed by atoms with Gasteiger partial charge in [-0.15, -0.1) is 0 Å². The van der Waals surface area contributed by atoms with Crippen LogP contribution >= 0.6 is 11.8 Å². The van der Waals surface area contributed by atoms with Crippen LogP contribution in [0.4, 0.5) is 0 Å². The average molecular weight is 448 g/mol. The van der Waals surface area contributed by atoms with E-state index in [1.165, 1.54) is 11.8 Å². The second kappa shape index (κ2) is 15.9. The summed E-state index contributed by atoms with van der Waals surface area (Å²) in [5.41, 5.74) is 11.4. The lowest BCUT2D eigenvalue weighted by Gasteiger charge is -2.25. The average Bonchev–Trinajstić information content (AvgIpc) is 2.68. The molecule has 0 saturated heterocycles. The zero-order valence-corrected chi connectivity index (χ0v) is 18.9. The van der Waals surface area contributed by atoms with Crippen molar-refractivity contribution in [3.05, 3.63) is 0 Å². The van der Waals surface area contributed by atoms with Gasteiger partial charge in [0.05, 0.1) is 6.04 Å². The van der Waals surface area contributed by atoms with Gasteiger partial charge in [0.15, 0.2) is 0 Å². The highest BCUT2D eigenvalue weighted by molar-refractivity contribution is 7.98. The minimum atomic E-state index is -1.17. The molecule has 0 radical (unpaired) electrons. The Morgan fingerprint density at radius 2 is 1.60 bits per heavy atom. The van der Waals surface area contributed by atoms with Crippen molar-refractivity contribution in [1.82, 2.24) is 16.0 Å². The zero-order valence-electron chi connectivity index (χ0n) is 18.1. The van der Waals surface area contributed by atoms with Gasteiger partial charge in [0.1, 0.15) is 18.6 Å². The van der Waals surface area contributed by atoms with E-state index >= 15 is 0 Å². The van der Waals surface area contributed by atoms with E-state index in [1.807, 2.05) is 20.1 Å². The van der Waals surface area contributed by atoms with Crippen LogP contribution in [0.25, 0.3) is 0 Å². The lowest BCUT2D eigenvalue weighted by molar-refractivity contribution is -0.138. The first-order valence-electron chi connectivity index (χ1n) is 10.2. The molecule has 11 heteroatoms. The van der Waals surface area contributed by atoms with E-state index in [1.54, 1.807) is 0 Å². The Labute approximate surface area is 182 Å². The molecule has 0 spiro atoms. The fourth-order valence-electron chi connectivity index (χ4n) is 2.68. The number of nitrogens with two attached hydrogens (primary N) is 2. The highest BCUT2D eigenvalue weighted by atomic mass is 32.2. The summed E-state index contributed by atoms with van der Waals surface area (Å²) in [5.74, 6) is -1.96. The lowest BCUT2D eigenvalue weighted by Crippen LogP contribution is -2.56. The quantitative estimate of drug-likeness (QED) is 0.170. The maximum absolute atomic E-state index is 12.8. The predicted octanol–water partition coefficient (Wildman–Crippen LogP) is -0.588. The molecule has 0 aromatic carbocycles. The van der Waals surface area contributed by atoms with Gasteiger partial charge in [0, 0.05) is 0 Å². The van der Waals surface area contributed by atoms with Crippen molar-refractivity contribution < 1.29 is 24.3 Å². The number of aliphatic carboxylic acids is 1. The van der Waals surface area contributed by atoms with Gasteiger partial charge in [-0.25, -0.2) is 0 Å². The third-order valence-electron chi connectivity index (χ3n) is 4.30. The van der Waals surface area contributed by atoms with Crippen LogP contribution in [0.2, 0.25) is 0 Å². The van der Waals surface area contributed by atoms with Gasteiger partial charge in [-0.05, 0) is 50.2 Å². The van der Waals surface area contributed by atoms with Crippen molar-refractivity contribution in [2.75, 3.05) is 25.1 Å². The number of hydrogen-bond donors (Lipinski definition) is 6.